The van der Waals surface area contributed by atoms with Gasteiger partial charge in [-0.3, -0.25) is 0 Å². The topological polar surface area (TPSA) is 19.1 Å². The molecule has 3 nitrogen and oxygen atoms in total. The van der Waals surface area contributed by atoms with Gasteiger partial charge in [0, 0.05) is 44.2 Å². The van der Waals surface area contributed by atoms with Crippen LogP contribution in [0.25, 0.3) is 83.5 Å². The normalized spacial score (nSPS) is 13.1. The molecule has 0 saturated heterocycles. The van der Waals surface area contributed by atoms with Gasteiger partial charge in [-0.2, -0.15) is 0 Å². The van der Waals surface area contributed by atoms with Crippen molar-refractivity contribution in [2.24, 2.45) is 0 Å². The Balaban J connectivity index is 1.10. The zero-order chi connectivity index (χ0) is 34.2. The molecule has 0 saturated carbocycles. The van der Waals surface area contributed by atoms with Crippen molar-refractivity contribution in [1.29, 1.82) is 0 Å². The van der Waals surface area contributed by atoms with Crippen molar-refractivity contribution in [2.75, 3.05) is 0 Å². The second-order valence-electron chi connectivity index (χ2n) is 13.8. The zero-order valence-corrected chi connectivity index (χ0v) is 28.4. The van der Waals surface area contributed by atoms with Crippen molar-refractivity contribution >= 4 is 38.8 Å². The number of nitrogens with zero attached hydrogens (tertiary/aromatic N) is 2. The maximum atomic E-state index is 6.29. The number of rotatable bonds is 4. The van der Waals surface area contributed by atoms with Crippen molar-refractivity contribution in [3.63, 3.8) is 0 Å². The van der Waals surface area contributed by atoms with Gasteiger partial charge in [-0.1, -0.05) is 109 Å². The van der Waals surface area contributed by atoms with E-state index in [2.05, 4.69) is 173 Å². The Morgan fingerprint density at radius 2 is 1.37 bits per heavy atom. The predicted molar refractivity (Wildman–Crippen MR) is 213 cm³/mol. The quantitative estimate of drug-likeness (QED) is 0.183. The summed E-state index contributed by atoms with van der Waals surface area (Å²) >= 11 is 0. The first-order valence-corrected chi connectivity index (χ1v) is 18.0. The van der Waals surface area contributed by atoms with Crippen LogP contribution in [0.3, 0.4) is 0 Å². The average Bonchev–Trinajstić information content (AvgIpc) is 3.73. The van der Waals surface area contributed by atoms with Gasteiger partial charge in [0.05, 0.1) is 27.8 Å². The molecule has 0 unspecified atom stereocenters. The third-order valence-electron chi connectivity index (χ3n) is 10.9. The van der Waals surface area contributed by atoms with Crippen LogP contribution < -0.4 is 4.74 Å². The summed E-state index contributed by atoms with van der Waals surface area (Å²) in [6, 6.07) is 59.3. The number of hydrogen-bond acceptors (Lipinski definition) is 1. The van der Waals surface area contributed by atoms with E-state index in [-0.39, 0.29) is 0 Å². The monoisotopic (exact) mass is 664 g/mol. The highest BCUT2D eigenvalue weighted by atomic mass is 16.5. The van der Waals surface area contributed by atoms with Crippen molar-refractivity contribution in [3.05, 3.63) is 181 Å². The Bertz CT molecular complexity index is 2910. The molecule has 0 N–H and O–H groups in total. The Hall–Kier alpha value is -6.76. The summed E-state index contributed by atoms with van der Waals surface area (Å²) in [5.41, 5.74) is 16.7. The molecule has 0 radical (unpaired) electrons. The molecule has 7 aromatic carbocycles. The van der Waals surface area contributed by atoms with Crippen LogP contribution in [-0.2, 0) is 13.0 Å². The lowest BCUT2D eigenvalue weighted by Crippen LogP contribution is -2.10. The van der Waals surface area contributed by atoms with E-state index in [0.29, 0.717) is 6.61 Å². The molecule has 0 bridgehead atoms. The molecule has 52 heavy (non-hydrogen) atoms. The van der Waals surface area contributed by atoms with Crippen molar-refractivity contribution < 1.29 is 4.74 Å². The second kappa shape index (κ2) is 11.4. The molecule has 244 valence electrons. The Morgan fingerprint density at radius 1 is 0.577 bits per heavy atom. The molecule has 0 spiro atoms. The van der Waals surface area contributed by atoms with Crippen LogP contribution >= 0.6 is 0 Å². The standard InChI is InChI=1S/C49H32N2O/c1-2-12-32(13-3-1)33-15-10-16-37(28-33)50-43-20-8-6-18-39(43)41-26-24-35(30-47(41)50)34-25-27-45-42(29-34)40-19-7-9-21-44(40)51(45)46-22-11-23-48-49(46)38-17-5-4-14-36(38)31-52-48/h1-4,6-8,10-16,18-20,22-30H,9,21,31H2. The van der Waals surface area contributed by atoms with Crippen LogP contribution in [0.5, 0.6) is 5.75 Å². The Labute approximate surface area is 302 Å². The summed E-state index contributed by atoms with van der Waals surface area (Å²) < 4.78 is 11.2. The van der Waals surface area contributed by atoms with E-state index in [1.807, 2.05) is 6.07 Å². The minimum absolute atomic E-state index is 0.551. The summed E-state index contributed by atoms with van der Waals surface area (Å²) in [7, 11) is 0. The minimum Gasteiger partial charge on any atom is -0.488 e. The van der Waals surface area contributed by atoms with Crippen LogP contribution in [0.1, 0.15) is 23.2 Å². The molecule has 9 aromatic rings. The van der Waals surface area contributed by atoms with Gasteiger partial charge in [-0.25, -0.2) is 0 Å². The van der Waals surface area contributed by atoms with E-state index in [0.717, 1.165) is 46.7 Å². The van der Waals surface area contributed by atoms with E-state index in [1.165, 1.54) is 66.2 Å². The van der Waals surface area contributed by atoms with Gasteiger partial charge in [-0.05, 0) is 95.8 Å². The number of benzene rings is 6. The fourth-order valence-corrected chi connectivity index (χ4v) is 8.56. The lowest BCUT2D eigenvalue weighted by Gasteiger charge is -2.24. The molecule has 1 aliphatic carbocycles. The van der Waals surface area contributed by atoms with E-state index in [4.69, 9.17) is 4.74 Å². The lowest BCUT2D eigenvalue weighted by molar-refractivity contribution is 0.302. The number of ether oxygens (including phenoxy) is 1. The summed E-state index contributed by atoms with van der Waals surface area (Å²) in [4.78, 5) is 0. The van der Waals surface area contributed by atoms with Gasteiger partial charge in [-0.15, -0.1) is 0 Å². The highest BCUT2D eigenvalue weighted by molar-refractivity contribution is 6.10. The van der Waals surface area contributed by atoms with Gasteiger partial charge in [0.15, 0.2) is 0 Å². The number of allylic oxidation sites excluding steroid dienone is 1. The van der Waals surface area contributed by atoms with Crippen LogP contribution in [-0.4, -0.2) is 9.13 Å². The number of hydrogen-bond donors (Lipinski definition) is 0. The average molecular weight is 665 g/mol. The summed E-state index contributed by atoms with van der Waals surface area (Å²) in [5, 5.41) is 3.77. The van der Waals surface area contributed by atoms with Gasteiger partial charge >= 0.3 is 0 Å². The van der Waals surface area contributed by atoms with Crippen molar-refractivity contribution in [1.82, 2.24) is 9.13 Å². The van der Waals surface area contributed by atoms with Crippen LogP contribution in [0.15, 0.2) is 152 Å². The number of fused-ring (bicyclic) bond motifs is 9. The molecular weight excluding hydrogens is 633 g/mol. The van der Waals surface area contributed by atoms with E-state index in [9.17, 15) is 0 Å². The van der Waals surface area contributed by atoms with Crippen LogP contribution in [0.2, 0.25) is 0 Å². The first kappa shape index (κ1) is 29.0. The summed E-state index contributed by atoms with van der Waals surface area (Å²) in [6.07, 6.45) is 6.63. The molecule has 3 heteroatoms. The molecular formula is C49H32N2O. The SMILES string of the molecule is c1ccc2c(c#1)-c1c(cccc1-n1c3c(c4cc(-c5ccc6c7ccccc7n(-c7cccc(-c8ccccc8)c7)c6c5)ccc41)C=CCC3)OC2. The predicted octanol–water partition coefficient (Wildman–Crippen LogP) is 12.2. The highest BCUT2D eigenvalue weighted by Crippen LogP contribution is 2.45. The first-order valence-electron chi connectivity index (χ1n) is 18.0. The molecule has 1 aliphatic heterocycles. The van der Waals surface area contributed by atoms with Crippen molar-refractivity contribution in [3.8, 4) is 50.5 Å². The second-order valence-corrected chi connectivity index (χ2v) is 13.8. The molecule has 0 atom stereocenters. The van der Waals surface area contributed by atoms with Crippen LogP contribution in [0.4, 0.5) is 0 Å². The fraction of sp³-hybridized carbons (Fsp3) is 0.0612. The van der Waals surface area contributed by atoms with Crippen molar-refractivity contribution in [2.45, 2.75) is 19.4 Å². The highest BCUT2D eigenvalue weighted by Gasteiger charge is 2.26. The molecule has 11 rings (SSSR count). The van der Waals surface area contributed by atoms with Crippen LogP contribution in [0, 0.1) is 12.1 Å². The zero-order valence-electron chi connectivity index (χ0n) is 28.4. The van der Waals surface area contributed by atoms with E-state index in [1.54, 1.807) is 0 Å². The van der Waals surface area contributed by atoms with Gasteiger partial charge in [0.1, 0.15) is 12.4 Å². The molecule has 2 aliphatic rings. The largest absolute Gasteiger partial charge is 0.488 e. The van der Waals surface area contributed by atoms with E-state index < -0.39 is 0 Å². The Kier molecular flexibility index (Phi) is 6.35. The number of aromatic nitrogens is 2. The maximum absolute atomic E-state index is 6.29. The smallest absolute Gasteiger partial charge is 0.130 e. The summed E-state index contributed by atoms with van der Waals surface area (Å²) in [6.45, 7) is 0.551. The minimum atomic E-state index is 0.551. The molecule has 0 fully saturated rings. The third-order valence-corrected chi connectivity index (χ3v) is 10.9. The van der Waals surface area contributed by atoms with Gasteiger partial charge in [0.25, 0.3) is 0 Å². The molecule has 3 heterocycles. The summed E-state index contributed by atoms with van der Waals surface area (Å²) in [5.74, 6) is 0.900. The Morgan fingerprint density at radius 3 is 2.33 bits per heavy atom. The first-order chi connectivity index (χ1) is 25.8. The number of para-hydroxylation sites is 1. The lowest BCUT2D eigenvalue weighted by atomic mass is 9.96. The van der Waals surface area contributed by atoms with E-state index >= 15 is 0 Å². The maximum Gasteiger partial charge on any atom is 0.130 e. The molecule has 2 aromatic heterocycles. The fourth-order valence-electron chi connectivity index (χ4n) is 8.56. The van der Waals surface area contributed by atoms with Gasteiger partial charge < -0.3 is 13.9 Å². The third kappa shape index (κ3) is 4.35. The molecule has 0 amide bonds. The van der Waals surface area contributed by atoms with Gasteiger partial charge in [0.2, 0.25) is 0 Å².